The summed E-state index contributed by atoms with van der Waals surface area (Å²) in [5, 5.41) is 25.2. The zero-order chi connectivity index (χ0) is 21.0. The molecule has 2 aromatic rings. The van der Waals surface area contributed by atoms with E-state index in [4.69, 9.17) is 21.8 Å². The van der Waals surface area contributed by atoms with Gasteiger partial charge in [-0.15, -0.1) is 0 Å². The number of carbonyl (C=O) groups is 1. The molecule has 10 nitrogen and oxygen atoms in total. The third-order valence-corrected chi connectivity index (χ3v) is 5.77. The van der Waals surface area contributed by atoms with E-state index in [0.717, 1.165) is 0 Å². The van der Waals surface area contributed by atoms with E-state index in [9.17, 15) is 15.0 Å². The van der Waals surface area contributed by atoms with E-state index < -0.39 is 36.6 Å². The number of nitrogens with zero attached hydrogens (tertiary/aromatic N) is 4. The van der Waals surface area contributed by atoms with Crippen molar-refractivity contribution in [2.24, 2.45) is 11.3 Å². The maximum Gasteiger partial charge on any atom is 0.400 e. The molecule has 154 valence electrons. The van der Waals surface area contributed by atoms with Crippen LogP contribution in [0.4, 0.5) is 5.82 Å². The van der Waals surface area contributed by atoms with Gasteiger partial charge in [-0.3, -0.25) is 14.4 Å². The maximum atomic E-state index is 12.3. The summed E-state index contributed by atoms with van der Waals surface area (Å²) < 4.78 is 12.5. The molecule has 1 aliphatic heterocycles. The summed E-state index contributed by atoms with van der Waals surface area (Å²) in [6.07, 6.45) is -1.36. The number of nitrogen functional groups attached to an aromatic ring is 1. The predicted molar refractivity (Wildman–Crippen MR) is 100 cm³/mol. The lowest BCUT2D eigenvalue weighted by Crippen LogP contribution is -2.46. The fourth-order valence-corrected chi connectivity index (χ4v) is 4.19. The van der Waals surface area contributed by atoms with Crippen LogP contribution in [0.3, 0.4) is 0 Å². The molecule has 4 atom stereocenters. The number of hydrogen-bond acceptors (Lipinski definition) is 8. The molecule has 0 spiro atoms. The third kappa shape index (κ3) is 3.11. The van der Waals surface area contributed by atoms with E-state index in [2.05, 4.69) is 28.8 Å². The van der Waals surface area contributed by atoms with Gasteiger partial charge in [-0.2, -0.15) is 5.10 Å². The molecular weight excluding hydrogens is 378 g/mol. The molecule has 4 rings (SSSR count). The highest BCUT2D eigenvalue weighted by Crippen LogP contribution is 2.46. The van der Waals surface area contributed by atoms with Gasteiger partial charge in [0.1, 0.15) is 24.1 Å². The van der Waals surface area contributed by atoms with Gasteiger partial charge < -0.3 is 20.7 Å². The second-order valence-corrected chi connectivity index (χ2v) is 8.51. The average molecular weight is 401 g/mol. The van der Waals surface area contributed by atoms with Crippen LogP contribution in [-0.2, 0) is 14.3 Å². The van der Waals surface area contributed by atoms with E-state index in [1.165, 1.54) is 10.8 Å². The number of fused-ring (bicyclic) bond motifs is 1. The average Bonchev–Trinajstić information content (AvgIpc) is 3.20. The summed E-state index contributed by atoms with van der Waals surface area (Å²) in [6, 6.07) is 3.28. The van der Waals surface area contributed by atoms with E-state index >= 15 is 0 Å². The molecule has 2 aliphatic rings. The third-order valence-electron chi connectivity index (χ3n) is 5.77. The number of aromatic nitrogens is 3. The normalized spacial score (nSPS) is 31.3. The van der Waals surface area contributed by atoms with Crippen molar-refractivity contribution in [2.45, 2.75) is 50.7 Å². The first kappa shape index (κ1) is 19.6. The molecule has 3 heterocycles. The van der Waals surface area contributed by atoms with Crippen molar-refractivity contribution < 1.29 is 24.5 Å². The Labute approximate surface area is 167 Å². The van der Waals surface area contributed by atoms with Crippen molar-refractivity contribution in [2.75, 3.05) is 12.3 Å². The number of esters is 1. The molecule has 4 N–H and O–H groups in total. The summed E-state index contributed by atoms with van der Waals surface area (Å²) in [5.41, 5.74) is 4.94. The second-order valence-electron chi connectivity index (χ2n) is 8.51. The van der Waals surface area contributed by atoms with Crippen LogP contribution in [0.1, 0.15) is 38.5 Å². The van der Waals surface area contributed by atoms with Gasteiger partial charge in [0.2, 0.25) is 0 Å². The van der Waals surface area contributed by atoms with Gasteiger partial charge in [-0.1, -0.05) is 13.8 Å². The van der Waals surface area contributed by atoms with Crippen LogP contribution in [0.5, 0.6) is 0 Å². The Hall–Kier alpha value is -2.74. The quantitative estimate of drug-likeness (QED) is 0.503. The zero-order valence-electron chi connectivity index (χ0n) is 16.1. The highest BCUT2D eigenvalue weighted by Gasteiger charge is 2.62. The minimum atomic E-state index is -1.90. The lowest BCUT2D eigenvalue weighted by molar-refractivity contribution is -0.167. The summed E-state index contributed by atoms with van der Waals surface area (Å²) in [6.45, 7) is 11.2. The summed E-state index contributed by atoms with van der Waals surface area (Å²) in [4.78, 5) is 19.6. The topological polar surface area (TPSA) is 137 Å². The van der Waals surface area contributed by atoms with Gasteiger partial charge in [0.25, 0.3) is 0 Å². The van der Waals surface area contributed by atoms with Gasteiger partial charge in [0.15, 0.2) is 18.5 Å². The van der Waals surface area contributed by atoms with Crippen molar-refractivity contribution >= 4 is 17.3 Å². The molecule has 0 radical (unpaired) electrons. The number of nitrogens with two attached hydrogens (primary N) is 1. The number of ether oxygens (including phenoxy) is 2. The molecule has 0 aromatic carbocycles. The van der Waals surface area contributed by atoms with Crippen molar-refractivity contribution in [3.8, 4) is 0 Å². The summed E-state index contributed by atoms with van der Waals surface area (Å²) >= 11 is 0. The summed E-state index contributed by atoms with van der Waals surface area (Å²) in [7, 11) is 0. The number of aliphatic hydroxyl groups is 2. The van der Waals surface area contributed by atoms with Crippen molar-refractivity contribution in [1.82, 2.24) is 14.6 Å². The monoisotopic (exact) mass is 401 g/mol. The predicted octanol–water partition coefficient (Wildman–Crippen LogP) is 0.700. The van der Waals surface area contributed by atoms with E-state index in [1.807, 2.05) is 0 Å². The van der Waals surface area contributed by atoms with Gasteiger partial charge in [0, 0.05) is 0 Å². The van der Waals surface area contributed by atoms with Crippen LogP contribution in [0.25, 0.3) is 10.4 Å². The van der Waals surface area contributed by atoms with Gasteiger partial charge in [-0.05, 0) is 30.4 Å². The second kappa shape index (κ2) is 6.66. The number of anilines is 1. The highest BCUT2D eigenvalue weighted by molar-refractivity contribution is 5.73. The largest absolute Gasteiger partial charge is 0.454 e. The first-order chi connectivity index (χ1) is 13.7. The fraction of sp³-hybridized carbons (Fsp3) is 0.579. The minimum Gasteiger partial charge on any atom is -0.454 e. The molecule has 0 unspecified atom stereocenters. The van der Waals surface area contributed by atoms with Gasteiger partial charge >= 0.3 is 11.7 Å². The molecule has 0 bridgehead atoms. The summed E-state index contributed by atoms with van der Waals surface area (Å²) in [5.74, 6) is -0.399. The molecule has 0 amide bonds. The van der Waals surface area contributed by atoms with Crippen LogP contribution in [0.15, 0.2) is 18.5 Å². The van der Waals surface area contributed by atoms with Crippen molar-refractivity contribution in [3.05, 3.63) is 35.6 Å². The number of aliphatic hydroxyl groups excluding tert-OH is 2. The number of carbonyl (C=O) groups excluding carboxylic acids is 1. The first-order valence-electron chi connectivity index (χ1n) is 9.35. The van der Waals surface area contributed by atoms with E-state index in [0.29, 0.717) is 24.1 Å². The smallest absolute Gasteiger partial charge is 0.400 e. The zero-order valence-corrected chi connectivity index (χ0v) is 16.1. The Bertz CT molecular complexity index is 991. The van der Waals surface area contributed by atoms with Gasteiger partial charge in [0.05, 0.1) is 11.6 Å². The van der Waals surface area contributed by atoms with Crippen LogP contribution >= 0.6 is 0 Å². The molecule has 1 aliphatic carbocycles. The molecule has 29 heavy (non-hydrogen) atoms. The van der Waals surface area contributed by atoms with Crippen molar-refractivity contribution in [3.63, 3.8) is 0 Å². The van der Waals surface area contributed by atoms with Crippen LogP contribution < -0.4 is 5.73 Å². The molecular formula is C19H23N5O5. The highest BCUT2D eigenvalue weighted by atomic mass is 16.6. The fourth-order valence-electron chi connectivity index (χ4n) is 4.19. The standard InChI is InChI=1S/C19H23N5O5/c1-18(2)6-10(7-18)17(27)28-8-19(21-3)15(26)13(25)14(29-19)11-4-5-12-16(20)22-9-23-24(11)12/h4-5,9-10,13-15,25-26H,6-8H2,1-2H3,(H2,20,22,23)/t13-,14-,15-,19+/m0/s1. The lowest BCUT2D eigenvalue weighted by atomic mass is 9.64. The SMILES string of the molecule is [C-]#[N+][C@]1(COC(=O)C2CC(C)(C)C2)O[C@@H](c2ccc3c(N)ncnn23)[C@H](O)[C@@H]1O. The molecule has 1 saturated carbocycles. The van der Waals surface area contributed by atoms with Crippen LogP contribution in [0.2, 0.25) is 0 Å². The molecule has 2 aromatic heterocycles. The van der Waals surface area contributed by atoms with E-state index in [1.54, 1.807) is 12.1 Å². The number of hydrogen-bond donors (Lipinski definition) is 3. The lowest BCUT2D eigenvalue weighted by Gasteiger charge is -2.40. The molecule has 2 fully saturated rings. The molecule has 1 saturated heterocycles. The Balaban J connectivity index is 1.54. The van der Waals surface area contributed by atoms with Gasteiger partial charge in [-0.25, -0.2) is 16.1 Å². The van der Waals surface area contributed by atoms with Crippen molar-refractivity contribution in [1.29, 1.82) is 0 Å². The maximum absolute atomic E-state index is 12.3. The minimum absolute atomic E-state index is 0.103. The Morgan fingerprint density at radius 2 is 2.17 bits per heavy atom. The Morgan fingerprint density at radius 3 is 2.83 bits per heavy atom. The number of rotatable bonds is 4. The molecule has 10 heteroatoms. The first-order valence-corrected chi connectivity index (χ1v) is 9.35. The Kier molecular flexibility index (Phi) is 4.49. The van der Waals surface area contributed by atoms with E-state index in [-0.39, 0.29) is 17.2 Å². The van der Waals surface area contributed by atoms with Crippen LogP contribution in [0, 0.1) is 17.9 Å². The Morgan fingerprint density at radius 1 is 1.45 bits per heavy atom. The van der Waals surface area contributed by atoms with Crippen LogP contribution in [-0.4, -0.2) is 55.3 Å².